The van der Waals surface area contributed by atoms with Crippen molar-refractivity contribution >= 4 is 0 Å². The molecule has 0 radical (unpaired) electrons. The Morgan fingerprint density at radius 3 is 2.53 bits per heavy atom. The Kier molecular flexibility index (Phi) is 2.79. The highest BCUT2D eigenvalue weighted by Gasteiger charge is 2.12. The first kappa shape index (κ1) is 11.5. The third-order valence-electron chi connectivity index (χ3n) is 3.05. The van der Waals surface area contributed by atoms with E-state index in [-0.39, 0.29) is 11.4 Å². The second kappa shape index (κ2) is 4.13. The molecule has 1 aromatic carbocycles. The van der Waals surface area contributed by atoms with E-state index in [1.165, 1.54) is 6.07 Å². The lowest BCUT2D eigenvalue weighted by Gasteiger charge is -2.09. The van der Waals surface area contributed by atoms with E-state index >= 15 is 0 Å². The van der Waals surface area contributed by atoms with Gasteiger partial charge < -0.3 is 0 Å². The van der Waals surface area contributed by atoms with Crippen molar-refractivity contribution in [2.24, 2.45) is 0 Å². The van der Waals surface area contributed by atoms with Crippen molar-refractivity contribution in [3.63, 3.8) is 0 Å². The standard InChI is InChI=1S/C13H13FN2O/c1-7-8(2)13(17)16-15-12(7)10-5-4-6-11(14)9(10)3/h4-6H,1-3H3,(H,16,17). The van der Waals surface area contributed by atoms with Gasteiger partial charge in [0.1, 0.15) is 5.82 Å². The fourth-order valence-corrected chi connectivity index (χ4v) is 1.75. The first-order valence-electron chi connectivity index (χ1n) is 5.33. The van der Waals surface area contributed by atoms with Gasteiger partial charge in [-0.1, -0.05) is 12.1 Å². The second-order valence-corrected chi connectivity index (χ2v) is 4.06. The molecule has 0 atom stereocenters. The normalized spacial score (nSPS) is 10.6. The molecule has 0 aliphatic carbocycles. The molecule has 0 aliphatic rings. The molecule has 4 heteroatoms. The highest BCUT2D eigenvalue weighted by atomic mass is 19.1. The van der Waals surface area contributed by atoms with Crippen molar-refractivity contribution in [2.75, 3.05) is 0 Å². The molecule has 0 spiro atoms. The van der Waals surface area contributed by atoms with Gasteiger partial charge in [0.2, 0.25) is 0 Å². The van der Waals surface area contributed by atoms with Gasteiger partial charge in [-0.15, -0.1) is 0 Å². The van der Waals surface area contributed by atoms with Crippen LogP contribution in [0.3, 0.4) is 0 Å². The molecule has 0 saturated carbocycles. The van der Waals surface area contributed by atoms with Crippen LogP contribution in [0.15, 0.2) is 23.0 Å². The molecule has 2 rings (SSSR count). The highest BCUT2D eigenvalue weighted by molar-refractivity contribution is 5.67. The van der Waals surface area contributed by atoms with Gasteiger partial charge in [-0.25, -0.2) is 9.49 Å². The summed E-state index contributed by atoms with van der Waals surface area (Å²) < 4.78 is 13.5. The van der Waals surface area contributed by atoms with E-state index in [0.717, 1.165) is 5.56 Å². The number of hydrogen-bond acceptors (Lipinski definition) is 2. The molecule has 3 nitrogen and oxygen atoms in total. The van der Waals surface area contributed by atoms with Gasteiger partial charge in [-0.3, -0.25) is 4.79 Å². The molecule has 88 valence electrons. The van der Waals surface area contributed by atoms with Crippen molar-refractivity contribution < 1.29 is 4.39 Å². The second-order valence-electron chi connectivity index (χ2n) is 4.06. The maximum Gasteiger partial charge on any atom is 0.267 e. The van der Waals surface area contributed by atoms with Crippen molar-refractivity contribution in [1.82, 2.24) is 10.2 Å². The van der Waals surface area contributed by atoms with E-state index < -0.39 is 0 Å². The smallest absolute Gasteiger partial charge is 0.267 e. The first-order chi connectivity index (χ1) is 8.02. The minimum Gasteiger partial charge on any atom is -0.268 e. The Balaban J connectivity index is 2.74. The van der Waals surface area contributed by atoms with Crippen molar-refractivity contribution in [1.29, 1.82) is 0 Å². The summed E-state index contributed by atoms with van der Waals surface area (Å²) in [5.41, 5.74) is 3.05. The zero-order chi connectivity index (χ0) is 12.6. The lowest BCUT2D eigenvalue weighted by molar-refractivity contribution is 0.619. The van der Waals surface area contributed by atoms with Crippen LogP contribution in [0.5, 0.6) is 0 Å². The molecule has 1 aromatic heterocycles. The Morgan fingerprint density at radius 1 is 1.12 bits per heavy atom. The predicted octanol–water partition coefficient (Wildman–Crippen LogP) is 2.50. The highest BCUT2D eigenvalue weighted by Crippen LogP contribution is 2.25. The minimum absolute atomic E-state index is 0.208. The molecule has 2 aromatic rings. The molecular formula is C13H13FN2O. The quantitative estimate of drug-likeness (QED) is 0.821. The summed E-state index contributed by atoms with van der Waals surface area (Å²) >= 11 is 0. The van der Waals surface area contributed by atoms with E-state index in [2.05, 4.69) is 10.2 Å². The summed E-state index contributed by atoms with van der Waals surface area (Å²) in [6.07, 6.45) is 0. The summed E-state index contributed by atoms with van der Waals surface area (Å²) in [6.45, 7) is 5.25. The number of aromatic nitrogens is 2. The van der Waals surface area contributed by atoms with E-state index in [1.54, 1.807) is 26.0 Å². The Hall–Kier alpha value is -1.97. The molecule has 0 aliphatic heterocycles. The number of halogens is 1. The number of rotatable bonds is 1. The van der Waals surface area contributed by atoms with E-state index in [0.29, 0.717) is 22.4 Å². The van der Waals surface area contributed by atoms with E-state index in [9.17, 15) is 9.18 Å². The summed E-state index contributed by atoms with van der Waals surface area (Å²) in [7, 11) is 0. The largest absolute Gasteiger partial charge is 0.268 e. The van der Waals surface area contributed by atoms with Crippen LogP contribution >= 0.6 is 0 Å². The summed E-state index contributed by atoms with van der Waals surface area (Å²) in [6, 6.07) is 4.84. The lowest BCUT2D eigenvalue weighted by atomic mass is 10.00. The van der Waals surface area contributed by atoms with Crippen LogP contribution in [0.25, 0.3) is 11.3 Å². The Morgan fingerprint density at radius 2 is 1.82 bits per heavy atom. The Labute approximate surface area is 98.3 Å². The summed E-state index contributed by atoms with van der Waals surface area (Å²) in [4.78, 5) is 11.4. The third-order valence-corrected chi connectivity index (χ3v) is 3.05. The SMILES string of the molecule is Cc1c(F)cccc1-c1n[nH]c(=O)c(C)c1C. The zero-order valence-corrected chi connectivity index (χ0v) is 9.97. The molecule has 1 N–H and O–H groups in total. The minimum atomic E-state index is -0.271. The summed E-state index contributed by atoms with van der Waals surface area (Å²) in [5, 5.41) is 6.43. The van der Waals surface area contributed by atoms with E-state index in [4.69, 9.17) is 0 Å². The van der Waals surface area contributed by atoms with Crippen LogP contribution in [0.4, 0.5) is 4.39 Å². The van der Waals surface area contributed by atoms with Crippen LogP contribution < -0.4 is 5.56 Å². The molecule has 0 bridgehead atoms. The maximum absolute atomic E-state index is 13.5. The predicted molar refractivity (Wildman–Crippen MR) is 64.5 cm³/mol. The average molecular weight is 232 g/mol. The van der Waals surface area contributed by atoms with Crippen molar-refractivity contribution in [2.45, 2.75) is 20.8 Å². The Bertz CT molecular complexity index is 632. The number of aromatic amines is 1. The van der Waals surface area contributed by atoms with Gasteiger partial charge in [-0.05, 0) is 38.0 Å². The molecule has 0 amide bonds. The fraction of sp³-hybridized carbons (Fsp3) is 0.231. The number of nitrogens with one attached hydrogen (secondary N) is 1. The van der Waals surface area contributed by atoms with Gasteiger partial charge in [0.05, 0.1) is 5.69 Å². The van der Waals surface area contributed by atoms with E-state index in [1.807, 2.05) is 6.92 Å². The molecule has 17 heavy (non-hydrogen) atoms. The number of benzene rings is 1. The van der Waals surface area contributed by atoms with Crippen LogP contribution in [-0.4, -0.2) is 10.2 Å². The van der Waals surface area contributed by atoms with Crippen molar-refractivity contribution in [3.05, 3.63) is 51.1 Å². The zero-order valence-electron chi connectivity index (χ0n) is 9.97. The number of H-pyrrole nitrogens is 1. The molecular weight excluding hydrogens is 219 g/mol. The van der Waals surface area contributed by atoms with Crippen molar-refractivity contribution in [3.8, 4) is 11.3 Å². The maximum atomic E-state index is 13.5. The van der Waals surface area contributed by atoms with Gasteiger partial charge >= 0.3 is 0 Å². The van der Waals surface area contributed by atoms with Crippen LogP contribution in [0.1, 0.15) is 16.7 Å². The number of hydrogen-bond donors (Lipinski definition) is 1. The van der Waals surface area contributed by atoms with Crippen LogP contribution in [-0.2, 0) is 0 Å². The molecule has 1 heterocycles. The lowest BCUT2D eigenvalue weighted by Crippen LogP contribution is -2.14. The van der Waals surface area contributed by atoms with Crippen LogP contribution in [0.2, 0.25) is 0 Å². The first-order valence-corrected chi connectivity index (χ1v) is 5.33. The molecule has 0 fully saturated rings. The fourth-order valence-electron chi connectivity index (χ4n) is 1.75. The van der Waals surface area contributed by atoms with Gasteiger partial charge in [0.25, 0.3) is 5.56 Å². The monoisotopic (exact) mass is 232 g/mol. The average Bonchev–Trinajstić information content (AvgIpc) is 2.31. The van der Waals surface area contributed by atoms with Gasteiger partial charge in [-0.2, -0.15) is 5.10 Å². The third kappa shape index (κ3) is 1.86. The molecule has 0 unspecified atom stereocenters. The topological polar surface area (TPSA) is 45.8 Å². The van der Waals surface area contributed by atoms with Gasteiger partial charge in [0.15, 0.2) is 0 Å². The molecule has 0 saturated heterocycles. The van der Waals surface area contributed by atoms with Crippen LogP contribution in [0, 0.1) is 26.6 Å². The summed E-state index contributed by atoms with van der Waals surface area (Å²) in [5.74, 6) is -0.271. The number of nitrogens with zero attached hydrogens (tertiary/aromatic N) is 1. The van der Waals surface area contributed by atoms with Gasteiger partial charge in [0, 0.05) is 11.1 Å².